The molecule has 6 aromatic rings. The molecule has 4 heterocycles. The van der Waals surface area contributed by atoms with Gasteiger partial charge in [-0.2, -0.15) is 10.4 Å². The monoisotopic (exact) mass is 561 g/mol. The van der Waals surface area contributed by atoms with Crippen molar-refractivity contribution in [1.29, 1.82) is 5.26 Å². The van der Waals surface area contributed by atoms with Crippen LogP contribution in [0, 0.1) is 18.3 Å². The molecule has 10 heteroatoms. The lowest BCUT2D eigenvalue weighted by Gasteiger charge is -2.18. The van der Waals surface area contributed by atoms with E-state index in [0.717, 1.165) is 21.7 Å². The largest absolute Gasteiger partial charge is 0.490 e. The van der Waals surface area contributed by atoms with Gasteiger partial charge < -0.3 is 10.5 Å². The molecular formula is C31H27N7O2S. The summed E-state index contributed by atoms with van der Waals surface area (Å²) in [5.74, 6) is 0.775. The SMILES string of the molecule is Cc1csc2cc([C@H](C)n3nc(-c4ccc(OC(C)C)c(C#N)c4)c4c(N)ncnc43)c(-c3ccccc3)c(=O)n12. The molecule has 0 aliphatic rings. The third-order valence-corrected chi connectivity index (χ3v) is 8.04. The maximum absolute atomic E-state index is 13.9. The van der Waals surface area contributed by atoms with E-state index in [0.29, 0.717) is 39.2 Å². The molecule has 0 amide bonds. The maximum atomic E-state index is 13.9. The van der Waals surface area contributed by atoms with Crippen molar-refractivity contribution in [3.8, 4) is 34.2 Å². The van der Waals surface area contributed by atoms with Crippen LogP contribution in [0.15, 0.2) is 71.1 Å². The van der Waals surface area contributed by atoms with Crippen LogP contribution < -0.4 is 16.0 Å². The number of fused-ring (bicyclic) bond motifs is 2. The molecule has 2 N–H and O–H groups in total. The first-order chi connectivity index (χ1) is 19.8. The number of hydrogen-bond donors (Lipinski definition) is 1. The predicted octanol–water partition coefficient (Wildman–Crippen LogP) is 5.99. The zero-order valence-electron chi connectivity index (χ0n) is 23.0. The lowest BCUT2D eigenvalue weighted by Crippen LogP contribution is -2.21. The van der Waals surface area contributed by atoms with Crippen LogP contribution in [-0.2, 0) is 0 Å². The van der Waals surface area contributed by atoms with Gasteiger partial charge in [0, 0.05) is 16.6 Å². The van der Waals surface area contributed by atoms with E-state index >= 15 is 0 Å². The van der Waals surface area contributed by atoms with E-state index in [2.05, 4.69) is 22.1 Å². The highest BCUT2D eigenvalue weighted by Crippen LogP contribution is 2.37. The molecule has 0 aliphatic heterocycles. The number of hydrogen-bond acceptors (Lipinski definition) is 8. The Hall–Kier alpha value is -5.01. The van der Waals surface area contributed by atoms with Crippen LogP contribution in [-0.4, -0.2) is 30.3 Å². The summed E-state index contributed by atoms with van der Waals surface area (Å²) in [5.41, 5.74) is 11.6. The number of aryl methyl sites for hydroxylation is 1. The second-order valence-electron chi connectivity index (χ2n) is 10.1. The Labute approximate surface area is 240 Å². The molecule has 1 atom stereocenters. The first-order valence-corrected chi connectivity index (χ1v) is 14.1. The number of anilines is 1. The number of pyridine rings is 1. The van der Waals surface area contributed by atoms with E-state index in [1.807, 2.05) is 69.5 Å². The Morgan fingerprint density at radius 2 is 1.83 bits per heavy atom. The van der Waals surface area contributed by atoms with Crippen molar-refractivity contribution in [3.05, 3.63) is 93.5 Å². The first-order valence-electron chi connectivity index (χ1n) is 13.2. The molecule has 0 bridgehead atoms. The third kappa shape index (κ3) is 4.40. The highest BCUT2D eigenvalue weighted by Gasteiger charge is 2.26. The number of nitrogen functional groups attached to an aromatic ring is 1. The molecule has 0 unspecified atom stereocenters. The summed E-state index contributed by atoms with van der Waals surface area (Å²) >= 11 is 1.52. The van der Waals surface area contributed by atoms with E-state index in [1.54, 1.807) is 21.2 Å². The minimum absolute atomic E-state index is 0.0785. The molecule has 41 heavy (non-hydrogen) atoms. The summed E-state index contributed by atoms with van der Waals surface area (Å²) in [6.45, 7) is 7.75. The van der Waals surface area contributed by atoms with Crippen molar-refractivity contribution in [2.24, 2.45) is 0 Å². The number of ether oxygens (including phenoxy) is 1. The summed E-state index contributed by atoms with van der Waals surface area (Å²) in [5, 5.41) is 17.4. The van der Waals surface area contributed by atoms with E-state index < -0.39 is 6.04 Å². The average Bonchev–Trinajstić information content (AvgIpc) is 3.54. The van der Waals surface area contributed by atoms with Gasteiger partial charge in [-0.25, -0.2) is 14.6 Å². The predicted molar refractivity (Wildman–Crippen MR) is 161 cm³/mol. The minimum atomic E-state index is -0.394. The number of nitrogens with two attached hydrogens (primary N) is 1. The number of aromatic nitrogens is 5. The van der Waals surface area contributed by atoms with E-state index in [4.69, 9.17) is 15.6 Å². The van der Waals surface area contributed by atoms with E-state index in [9.17, 15) is 10.1 Å². The second-order valence-corrected chi connectivity index (χ2v) is 11.0. The standard InChI is InChI=1S/C31H27N7O2S/c1-17(2)40-24-11-10-21(12-22(24)14-32)28-27-29(33)34-16-35-30(27)38(36-28)19(4)23-13-25-37(18(3)15-41-25)31(39)26(23)20-8-6-5-7-9-20/h5-13,15-17,19H,1-4H3,(H2,33,34,35)/t19-/m0/s1. The first kappa shape index (κ1) is 26.2. The Morgan fingerprint density at radius 1 is 1.05 bits per heavy atom. The van der Waals surface area contributed by atoms with Gasteiger partial charge in [-0.1, -0.05) is 30.3 Å². The summed E-state index contributed by atoms with van der Waals surface area (Å²) < 4.78 is 9.35. The highest BCUT2D eigenvalue weighted by atomic mass is 32.1. The highest BCUT2D eigenvalue weighted by molar-refractivity contribution is 7.15. The van der Waals surface area contributed by atoms with Crippen molar-refractivity contribution in [2.75, 3.05) is 5.73 Å². The number of benzene rings is 2. The van der Waals surface area contributed by atoms with Crippen LogP contribution in [0.2, 0.25) is 0 Å². The summed E-state index contributed by atoms with van der Waals surface area (Å²) in [4.78, 5) is 23.6. The quantitative estimate of drug-likeness (QED) is 0.265. The van der Waals surface area contributed by atoms with Crippen LogP contribution in [0.1, 0.15) is 43.6 Å². The molecule has 0 radical (unpaired) electrons. The Morgan fingerprint density at radius 3 is 2.56 bits per heavy atom. The van der Waals surface area contributed by atoms with Gasteiger partial charge in [0.1, 0.15) is 34.5 Å². The van der Waals surface area contributed by atoms with Gasteiger partial charge in [0.15, 0.2) is 5.65 Å². The molecule has 0 saturated heterocycles. The van der Waals surface area contributed by atoms with Gasteiger partial charge in [-0.3, -0.25) is 9.20 Å². The van der Waals surface area contributed by atoms with Crippen molar-refractivity contribution in [3.63, 3.8) is 0 Å². The Bertz CT molecular complexity index is 2030. The number of thiazole rings is 1. The van der Waals surface area contributed by atoms with Crippen molar-refractivity contribution in [2.45, 2.75) is 39.8 Å². The fourth-order valence-corrected chi connectivity index (χ4v) is 6.09. The molecule has 4 aromatic heterocycles. The lowest BCUT2D eigenvalue weighted by atomic mass is 9.97. The third-order valence-electron chi connectivity index (χ3n) is 7.04. The molecule has 6 rings (SSSR count). The molecule has 0 aliphatic carbocycles. The summed E-state index contributed by atoms with van der Waals surface area (Å²) in [7, 11) is 0. The van der Waals surface area contributed by atoms with Gasteiger partial charge >= 0.3 is 0 Å². The van der Waals surface area contributed by atoms with Crippen molar-refractivity contribution >= 4 is 33.0 Å². The Balaban J connectivity index is 1.59. The topological polar surface area (TPSA) is 124 Å². The van der Waals surface area contributed by atoms with Gasteiger partial charge in [0.25, 0.3) is 5.56 Å². The molecule has 204 valence electrons. The molecular weight excluding hydrogens is 534 g/mol. The number of nitrogens with zero attached hydrogens (tertiary/aromatic N) is 6. The average molecular weight is 562 g/mol. The number of nitriles is 1. The summed E-state index contributed by atoms with van der Waals surface area (Å²) in [6, 6.07) is 18.9. The van der Waals surface area contributed by atoms with Crippen LogP contribution in [0.25, 0.3) is 38.2 Å². The van der Waals surface area contributed by atoms with E-state index in [1.165, 1.54) is 17.7 Å². The zero-order chi connectivity index (χ0) is 28.8. The zero-order valence-corrected chi connectivity index (χ0v) is 23.8. The van der Waals surface area contributed by atoms with Crippen LogP contribution in [0.5, 0.6) is 5.75 Å². The second kappa shape index (κ2) is 10.2. The molecule has 0 spiro atoms. The number of rotatable bonds is 6. The van der Waals surface area contributed by atoms with Gasteiger partial charge in [-0.05, 0) is 63.1 Å². The van der Waals surface area contributed by atoms with Gasteiger partial charge in [0.05, 0.1) is 28.7 Å². The fraction of sp³-hybridized carbons (Fsp3) is 0.194. The minimum Gasteiger partial charge on any atom is -0.490 e. The van der Waals surface area contributed by atoms with Crippen LogP contribution in [0.3, 0.4) is 0 Å². The van der Waals surface area contributed by atoms with Crippen molar-refractivity contribution in [1.82, 2.24) is 24.1 Å². The lowest BCUT2D eigenvalue weighted by molar-refractivity contribution is 0.242. The molecule has 0 fully saturated rings. The van der Waals surface area contributed by atoms with Crippen LogP contribution in [0.4, 0.5) is 5.82 Å². The normalized spacial score (nSPS) is 12.2. The molecule has 0 saturated carbocycles. The molecule has 2 aromatic carbocycles. The van der Waals surface area contributed by atoms with Crippen molar-refractivity contribution < 1.29 is 4.74 Å². The fourth-order valence-electron chi connectivity index (χ4n) is 5.17. The molecule has 9 nitrogen and oxygen atoms in total. The van der Waals surface area contributed by atoms with E-state index in [-0.39, 0.29) is 17.5 Å². The van der Waals surface area contributed by atoms with Gasteiger partial charge in [0.2, 0.25) is 0 Å². The smallest absolute Gasteiger partial charge is 0.264 e. The van der Waals surface area contributed by atoms with Crippen LogP contribution >= 0.6 is 11.3 Å². The maximum Gasteiger partial charge on any atom is 0.264 e. The van der Waals surface area contributed by atoms with Gasteiger partial charge in [-0.15, -0.1) is 11.3 Å². The summed E-state index contributed by atoms with van der Waals surface area (Å²) in [6.07, 6.45) is 1.33. The Kier molecular flexibility index (Phi) is 6.52.